The Morgan fingerprint density at radius 3 is 2.71 bits per heavy atom. The highest BCUT2D eigenvalue weighted by molar-refractivity contribution is 5.63. The molecule has 2 rings (SSSR count). The normalized spacial score (nSPS) is 20.3. The molecule has 0 amide bonds. The van der Waals surface area contributed by atoms with Crippen molar-refractivity contribution < 1.29 is 13.2 Å². The molecule has 1 heterocycles. The lowest BCUT2D eigenvalue weighted by molar-refractivity contribution is -0.137. The first-order valence-electron chi connectivity index (χ1n) is 5.56. The molecule has 0 aromatic heterocycles. The number of fused-ring (bicyclic) bond motifs is 1. The average Bonchev–Trinajstić information content (AvgIpc) is 2.28. The molecule has 0 saturated heterocycles. The van der Waals surface area contributed by atoms with Crippen LogP contribution in [0.2, 0.25) is 0 Å². The standard InChI is InChI=1S/C12H15F3N2/c1-17-6-5-8(7-16)9-3-2-4-10(11(9)17)12(13,14)15/h2-4,8H,5-7,16H2,1H3. The summed E-state index contributed by atoms with van der Waals surface area (Å²) in [5, 5.41) is 0. The van der Waals surface area contributed by atoms with Gasteiger partial charge >= 0.3 is 6.18 Å². The molecule has 1 atom stereocenters. The Morgan fingerprint density at radius 1 is 1.41 bits per heavy atom. The summed E-state index contributed by atoms with van der Waals surface area (Å²) in [6.45, 7) is 1.00. The minimum Gasteiger partial charge on any atom is -0.374 e. The van der Waals surface area contributed by atoms with Gasteiger partial charge in [0.25, 0.3) is 0 Å². The number of alkyl halides is 3. The second kappa shape index (κ2) is 4.22. The Labute approximate surface area is 98.2 Å². The van der Waals surface area contributed by atoms with E-state index in [9.17, 15) is 13.2 Å². The third-order valence-corrected chi connectivity index (χ3v) is 3.29. The van der Waals surface area contributed by atoms with Gasteiger partial charge in [0.2, 0.25) is 0 Å². The van der Waals surface area contributed by atoms with Crippen molar-refractivity contribution >= 4 is 5.69 Å². The maximum Gasteiger partial charge on any atom is 0.418 e. The number of hydrogen-bond acceptors (Lipinski definition) is 2. The summed E-state index contributed by atoms with van der Waals surface area (Å²) in [7, 11) is 1.70. The Hall–Kier alpha value is -1.23. The number of anilines is 1. The zero-order chi connectivity index (χ0) is 12.6. The van der Waals surface area contributed by atoms with Crippen LogP contribution in [0.15, 0.2) is 18.2 Å². The summed E-state index contributed by atoms with van der Waals surface area (Å²) in [6, 6.07) is 4.34. The molecule has 94 valence electrons. The van der Waals surface area contributed by atoms with Crippen molar-refractivity contribution in [1.82, 2.24) is 0 Å². The van der Waals surface area contributed by atoms with Crippen LogP contribution in [0.5, 0.6) is 0 Å². The van der Waals surface area contributed by atoms with Crippen molar-refractivity contribution in [2.45, 2.75) is 18.5 Å². The van der Waals surface area contributed by atoms with Crippen molar-refractivity contribution in [3.8, 4) is 0 Å². The zero-order valence-electron chi connectivity index (χ0n) is 9.59. The highest BCUT2D eigenvalue weighted by Crippen LogP contribution is 2.43. The van der Waals surface area contributed by atoms with Crippen LogP contribution in [-0.2, 0) is 6.18 Å². The van der Waals surface area contributed by atoms with Crippen LogP contribution in [0.4, 0.5) is 18.9 Å². The molecule has 2 N–H and O–H groups in total. The Bertz CT molecular complexity index is 415. The molecule has 1 aromatic rings. The topological polar surface area (TPSA) is 29.3 Å². The second-order valence-corrected chi connectivity index (χ2v) is 4.38. The van der Waals surface area contributed by atoms with Gasteiger partial charge in [-0.2, -0.15) is 13.2 Å². The molecule has 2 nitrogen and oxygen atoms in total. The van der Waals surface area contributed by atoms with Crippen LogP contribution in [0.1, 0.15) is 23.5 Å². The Kier molecular flexibility index (Phi) is 3.03. The molecule has 0 bridgehead atoms. The minimum absolute atomic E-state index is 0.0310. The minimum atomic E-state index is -4.31. The SMILES string of the molecule is CN1CCC(CN)c2cccc(C(F)(F)F)c21. The first kappa shape index (κ1) is 12.2. The molecule has 1 unspecified atom stereocenters. The fourth-order valence-corrected chi connectivity index (χ4v) is 2.41. The summed E-state index contributed by atoms with van der Waals surface area (Å²) in [6.07, 6.45) is -3.50. The molecule has 0 spiro atoms. The molecule has 0 saturated carbocycles. The zero-order valence-corrected chi connectivity index (χ0v) is 9.59. The number of halogens is 3. The monoisotopic (exact) mass is 244 g/mol. The molecule has 17 heavy (non-hydrogen) atoms. The van der Waals surface area contributed by atoms with Gasteiger partial charge in [-0.1, -0.05) is 12.1 Å². The van der Waals surface area contributed by atoms with Gasteiger partial charge in [-0.25, -0.2) is 0 Å². The lowest BCUT2D eigenvalue weighted by atomic mass is 9.88. The van der Waals surface area contributed by atoms with E-state index in [1.165, 1.54) is 6.07 Å². The smallest absolute Gasteiger partial charge is 0.374 e. The molecule has 0 radical (unpaired) electrons. The summed E-state index contributed by atoms with van der Waals surface area (Å²) < 4.78 is 38.8. The van der Waals surface area contributed by atoms with E-state index in [1.807, 2.05) is 0 Å². The van der Waals surface area contributed by atoms with E-state index in [1.54, 1.807) is 18.0 Å². The molecule has 1 aliphatic rings. The Balaban J connectivity index is 2.58. The van der Waals surface area contributed by atoms with Crippen molar-refractivity contribution in [3.63, 3.8) is 0 Å². The number of nitrogens with zero attached hydrogens (tertiary/aromatic N) is 1. The van der Waals surface area contributed by atoms with Gasteiger partial charge in [-0.05, 0) is 30.5 Å². The van der Waals surface area contributed by atoms with E-state index in [0.717, 1.165) is 18.1 Å². The maximum atomic E-state index is 12.9. The Morgan fingerprint density at radius 2 is 2.12 bits per heavy atom. The molecule has 0 aliphatic carbocycles. The van der Waals surface area contributed by atoms with Gasteiger partial charge in [0.05, 0.1) is 11.3 Å². The van der Waals surface area contributed by atoms with E-state index in [2.05, 4.69) is 0 Å². The molecule has 0 fully saturated rings. The average molecular weight is 244 g/mol. The first-order valence-corrected chi connectivity index (χ1v) is 5.56. The molecular formula is C12H15F3N2. The second-order valence-electron chi connectivity index (χ2n) is 4.38. The maximum absolute atomic E-state index is 12.9. The number of hydrogen-bond donors (Lipinski definition) is 1. The lowest BCUT2D eigenvalue weighted by Crippen LogP contribution is -2.32. The third kappa shape index (κ3) is 2.11. The number of nitrogens with two attached hydrogens (primary N) is 1. The van der Waals surface area contributed by atoms with E-state index in [-0.39, 0.29) is 5.92 Å². The van der Waals surface area contributed by atoms with Crippen LogP contribution in [0, 0.1) is 0 Å². The molecule has 1 aliphatic heterocycles. The van der Waals surface area contributed by atoms with Crippen LogP contribution in [0.25, 0.3) is 0 Å². The molecule has 5 heteroatoms. The quantitative estimate of drug-likeness (QED) is 0.822. The largest absolute Gasteiger partial charge is 0.418 e. The van der Waals surface area contributed by atoms with E-state index >= 15 is 0 Å². The fraction of sp³-hybridized carbons (Fsp3) is 0.500. The van der Waals surface area contributed by atoms with Crippen LogP contribution in [-0.4, -0.2) is 20.1 Å². The first-order chi connectivity index (χ1) is 7.95. The summed E-state index contributed by atoms with van der Waals surface area (Å²) in [5.74, 6) is 0.0310. The van der Waals surface area contributed by atoms with Crippen molar-refractivity contribution in [2.24, 2.45) is 5.73 Å². The van der Waals surface area contributed by atoms with E-state index < -0.39 is 11.7 Å². The van der Waals surface area contributed by atoms with Gasteiger partial charge in [0.15, 0.2) is 0 Å². The molecular weight excluding hydrogens is 229 g/mol. The summed E-state index contributed by atoms with van der Waals surface area (Å²) in [5.41, 5.74) is 6.08. The number of para-hydroxylation sites is 1. The van der Waals surface area contributed by atoms with Crippen molar-refractivity contribution in [3.05, 3.63) is 29.3 Å². The van der Waals surface area contributed by atoms with Crippen LogP contribution < -0.4 is 10.6 Å². The number of rotatable bonds is 1. The highest BCUT2D eigenvalue weighted by atomic mass is 19.4. The number of benzene rings is 1. The van der Waals surface area contributed by atoms with Crippen molar-refractivity contribution in [2.75, 3.05) is 25.0 Å². The van der Waals surface area contributed by atoms with Gasteiger partial charge in [0.1, 0.15) is 0 Å². The predicted molar refractivity (Wildman–Crippen MR) is 61.1 cm³/mol. The van der Waals surface area contributed by atoms with Gasteiger partial charge in [0, 0.05) is 13.6 Å². The van der Waals surface area contributed by atoms with E-state index in [0.29, 0.717) is 18.8 Å². The van der Waals surface area contributed by atoms with Gasteiger partial charge in [-0.15, -0.1) is 0 Å². The summed E-state index contributed by atoms with van der Waals surface area (Å²) >= 11 is 0. The summed E-state index contributed by atoms with van der Waals surface area (Å²) in [4.78, 5) is 1.67. The van der Waals surface area contributed by atoms with Gasteiger partial charge in [-0.3, -0.25) is 0 Å². The van der Waals surface area contributed by atoms with Crippen LogP contribution >= 0.6 is 0 Å². The third-order valence-electron chi connectivity index (χ3n) is 3.29. The van der Waals surface area contributed by atoms with E-state index in [4.69, 9.17) is 5.73 Å². The van der Waals surface area contributed by atoms with Crippen molar-refractivity contribution in [1.29, 1.82) is 0 Å². The molecule has 1 aromatic carbocycles. The van der Waals surface area contributed by atoms with Crippen LogP contribution in [0.3, 0.4) is 0 Å². The highest BCUT2D eigenvalue weighted by Gasteiger charge is 2.37. The predicted octanol–water partition coefficient (Wildman–Crippen LogP) is 2.59. The lowest BCUT2D eigenvalue weighted by Gasteiger charge is -2.34. The fourth-order valence-electron chi connectivity index (χ4n) is 2.41. The van der Waals surface area contributed by atoms with Gasteiger partial charge < -0.3 is 10.6 Å².